The van der Waals surface area contributed by atoms with Crippen molar-refractivity contribution in [3.63, 3.8) is 0 Å². The van der Waals surface area contributed by atoms with Gasteiger partial charge in [-0.2, -0.15) is 0 Å². The molecule has 170 valence electrons. The number of carbonyl (C=O) groups excluding carboxylic acids is 1. The molecule has 1 N–H and O–H groups in total. The fourth-order valence-corrected chi connectivity index (χ4v) is 3.53. The van der Waals surface area contributed by atoms with Gasteiger partial charge in [0.1, 0.15) is 11.6 Å². The molecule has 2 atom stereocenters. The molecule has 1 aromatic heterocycles. The van der Waals surface area contributed by atoms with Gasteiger partial charge in [-0.25, -0.2) is 4.99 Å². The van der Waals surface area contributed by atoms with Gasteiger partial charge in [0.05, 0.1) is 33.2 Å². The standard InChI is InChI=1S/C21H30N6O3.HI/c1-14-12-27(13-18(14)20(28)30-5)21(23-11-19-25-24-15(2)26(19)3)22-10-16-6-8-17(29-4)9-7-16;/h6-9,14,18H,10-13H2,1-5H3,(H,22,23);1H. The highest BCUT2D eigenvalue weighted by atomic mass is 127. The molecule has 1 fully saturated rings. The fraction of sp³-hybridized carbons (Fsp3) is 0.524. The van der Waals surface area contributed by atoms with E-state index in [1.807, 2.05) is 42.8 Å². The van der Waals surface area contributed by atoms with Crippen LogP contribution < -0.4 is 10.1 Å². The number of aryl methyl sites for hydroxylation is 1. The second-order valence-electron chi connectivity index (χ2n) is 7.58. The maximum atomic E-state index is 12.1. The fourth-order valence-electron chi connectivity index (χ4n) is 3.53. The molecule has 2 heterocycles. The number of benzene rings is 1. The summed E-state index contributed by atoms with van der Waals surface area (Å²) in [4.78, 5) is 19.0. The van der Waals surface area contributed by atoms with Crippen LogP contribution in [0.5, 0.6) is 5.75 Å². The molecule has 0 radical (unpaired) electrons. The number of carbonyl (C=O) groups is 1. The van der Waals surface area contributed by atoms with E-state index in [1.165, 1.54) is 7.11 Å². The first-order valence-corrected chi connectivity index (χ1v) is 10.0. The summed E-state index contributed by atoms with van der Waals surface area (Å²) >= 11 is 0. The molecule has 0 bridgehead atoms. The zero-order chi connectivity index (χ0) is 21.7. The average molecular weight is 542 g/mol. The number of hydrogen-bond acceptors (Lipinski definition) is 6. The van der Waals surface area contributed by atoms with Crippen molar-refractivity contribution in [2.75, 3.05) is 27.3 Å². The van der Waals surface area contributed by atoms with Crippen molar-refractivity contribution >= 4 is 35.9 Å². The van der Waals surface area contributed by atoms with Crippen LogP contribution in [0, 0.1) is 18.8 Å². The summed E-state index contributed by atoms with van der Waals surface area (Å²) in [5.41, 5.74) is 1.07. The van der Waals surface area contributed by atoms with E-state index in [0.29, 0.717) is 19.6 Å². The van der Waals surface area contributed by atoms with Crippen molar-refractivity contribution in [3.8, 4) is 5.75 Å². The Labute approximate surface area is 200 Å². The molecule has 2 aromatic rings. The largest absolute Gasteiger partial charge is 0.497 e. The number of methoxy groups -OCH3 is 2. The minimum atomic E-state index is -0.177. The number of nitrogens with one attached hydrogen (secondary N) is 1. The summed E-state index contributed by atoms with van der Waals surface area (Å²) in [5.74, 6) is 3.06. The highest BCUT2D eigenvalue weighted by Crippen LogP contribution is 2.24. The molecule has 0 spiro atoms. The molecule has 2 unspecified atom stereocenters. The number of likely N-dealkylation sites (tertiary alicyclic amines) is 1. The van der Waals surface area contributed by atoms with Crippen LogP contribution in [0.2, 0.25) is 0 Å². The van der Waals surface area contributed by atoms with Gasteiger partial charge in [0.25, 0.3) is 0 Å². The van der Waals surface area contributed by atoms with Crippen LogP contribution in [-0.4, -0.2) is 58.9 Å². The predicted molar refractivity (Wildman–Crippen MR) is 128 cm³/mol. The van der Waals surface area contributed by atoms with Crippen LogP contribution in [-0.2, 0) is 29.7 Å². The summed E-state index contributed by atoms with van der Waals surface area (Å²) in [7, 11) is 5.02. The van der Waals surface area contributed by atoms with Crippen molar-refractivity contribution in [2.24, 2.45) is 23.9 Å². The SMILES string of the molecule is COC(=O)C1CN(C(=NCc2ccc(OC)cc2)NCc2nnc(C)n2C)CC1C.I. The van der Waals surface area contributed by atoms with E-state index in [9.17, 15) is 4.79 Å². The monoisotopic (exact) mass is 542 g/mol. The Balaban J connectivity index is 0.00000341. The zero-order valence-electron chi connectivity index (χ0n) is 18.7. The molecule has 0 saturated carbocycles. The van der Waals surface area contributed by atoms with Crippen molar-refractivity contribution < 1.29 is 14.3 Å². The Morgan fingerprint density at radius 3 is 2.52 bits per heavy atom. The maximum absolute atomic E-state index is 12.1. The van der Waals surface area contributed by atoms with Gasteiger partial charge in [0.2, 0.25) is 0 Å². The zero-order valence-corrected chi connectivity index (χ0v) is 21.0. The molecule has 1 aromatic carbocycles. The summed E-state index contributed by atoms with van der Waals surface area (Å²) in [6.45, 7) is 6.28. The van der Waals surface area contributed by atoms with Gasteiger partial charge in [-0.3, -0.25) is 4.79 Å². The molecule has 10 heteroatoms. The smallest absolute Gasteiger partial charge is 0.310 e. The van der Waals surface area contributed by atoms with Crippen LogP contribution in [0.25, 0.3) is 0 Å². The molecule has 1 aliphatic rings. The number of halogens is 1. The summed E-state index contributed by atoms with van der Waals surface area (Å²) < 4.78 is 12.1. The number of esters is 1. The minimum Gasteiger partial charge on any atom is -0.497 e. The first-order valence-electron chi connectivity index (χ1n) is 10.0. The van der Waals surface area contributed by atoms with Crippen LogP contribution in [0.4, 0.5) is 0 Å². The van der Waals surface area contributed by atoms with Crippen LogP contribution >= 0.6 is 24.0 Å². The van der Waals surface area contributed by atoms with Crippen molar-refractivity contribution in [3.05, 3.63) is 41.5 Å². The number of guanidine groups is 1. The lowest BCUT2D eigenvalue weighted by Crippen LogP contribution is -2.40. The first-order chi connectivity index (χ1) is 14.4. The number of hydrogen-bond donors (Lipinski definition) is 1. The van der Waals surface area contributed by atoms with E-state index in [-0.39, 0.29) is 41.8 Å². The van der Waals surface area contributed by atoms with E-state index in [2.05, 4.69) is 27.3 Å². The van der Waals surface area contributed by atoms with E-state index >= 15 is 0 Å². The molecule has 9 nitrogen and oxygen atoms in total. The Bertz CT molecular complexity index is 899. The van der Waals surface area contributed by atoms with Gasteiger partial charge < -0.3 is 24.3 Å². The van der Waals surface area contributed by atoms with E-state index in [0.717, 1.165) is 35.5 Å². The molecule has 1 aliphatic heterocycles. The van der Waals surface area contributed by atoms with Gasteiger partial charge in [-0.15, -0.1) is 34.2 Å². The molecule has 31 heavy (non-hydrogen) atoms. The Hall–Kier alpha value is -2.37. The van der Waals surface area contributed by atoms with Gasteiger partial charge in [0.15, 0.2) is 11.8 Å². The number of ether oxygens (including phenoxy) is 2. The van der Waals surface area contributed by atoms with Gasteiger partial charge in [-0.1, -0.05) is 19.1 Å². The summed E-state index contributed by atoms with van der Waals surface area (Å²) in [5, 5.41) is 11.7. The van der Waals surface area contributed by atoms with Gasteiger partial charge in [0, 0.05) is 20.1 Å². The molecule has 3 rings (SSSR count). The van der Waals surface area contributed by atoms with E-state index in [1.54, 1.807) is 7.11 Å². The first kappa shape index (κ1) is 24.9. The Kier molecular flexibility index (Phi) is 9.08. The van der Waals surface area contributed by atoms with Crippen molar-refractivity contribution in [1.82, 2.24) is 25.0 Å². The second kappa shape index (κ2) is 11.3. The van der Waals surface area contributed by atoms with Gasteiger partial charge in [-0.05, 0) is 30.5 Å². The topological polar surface area (TPSA) is 93.9 Å². The predicted octanol–water partition coefficient (Wildman–Crippen LogP) is 2.14. The highest BCUT2D eigenvalue weighted by molar-refractivity contribution is 14.0. The van der Waals surface area contributed by atoms with Crippen molar-refractivity contribution in [1.29, 1.82) is 0 Å². The van der Waals surface area contributed by atoms with Crippen LogP contribution in [0.3, 0.4) is 0 Å². The lowest BCUT2D eigenvalue weighted by atomic mass is 9.99. The third-order valence-corrected chi connectivity index (χ3v) is 5.57. The van der Waals surface area contributed by atoms with E-state index in [4.69, 9.17) is 14.5 Å². The van der Waals surface area contributed by atoms with Crippen molar-refractivity contribution in [2.45, 2.75) is 26.9 Å². The van der Waals surface area contributed by atoms with Gasteiger partial charge >= 0.3 is 5.97 Å². The average Bonchev–Trinajstić information content (AvgIpc) is 3.30. The Morgan fingerprint density at radius 1 is 1.23 bits per heavy atom. The van der Waals surface area contributed by atoms with E-state index < -0.39 is 0 Å². The second-order valence-corrected chi connectivity index (χ2v) is 7.58. The highest BCUT2D eigenvalue weighted by Gasteiger charge is 2.37. The normalized spacial score (nSPS) is 18.5. The lowest BCUT2D eigenvalue weighted by molar-refractivity contribution is -0.145. The number of nitrogens with zero attached hydrogens (tertiary/aromatic N) is 5. The number of aromatic nitrogens is 3. The summed E-state index contributed by atoms with van der Waals surface area (Å²) in [6.07, 6.45) is 0. The number of rotatable bonds is 6. The quantitative estimate of drug-likeness (QED) is 0.259. The number of aliphatic imine (C=N–C) groups is 1. The summed E-state index contributed by atoms with van der Waals surface area (Å²) in [6, 6.07) is 7.84. The minimum absolute atomic E-state index is 0. The third kappa shape index (κ3) is 6.08. The third-order valence-electron chi connectivity index (χ3n) is 5.57. The van der Waals surface area contributed by atoms with Crippen LogP contribution in [0.1, 0.15) is 24.1 Å². The molecule has 0 amide bonds. The van der Waals surface area contributed by atoms with Crippen LogP contribution in [0.15, 0.2) is 29.3 Å². The lowest BCUT2D eigenvalue weighted by Gasteiger charge is -2.22. The molecule has 1 saturated heterocycles. The Morgan fingerprint density at radius 2 is 1.94 bits per heavy atom. The maximum Gasteiger partial charge on any atom is 0.310 e. The molecular formula is C21H31IN6O3. The molecular weight excluding hydrogens is 511 g/mol. The molecule has 0 aliphatic carbocycles.